The molecule has 0 aliphatic carbocycles. The average Bonchev–Trinajstić information content (AvgIpc) is 2.96. The molecule has 1 aliphatic heterocycles. The van der Waals surface area contributed by atoms with Crippen molar-refractivity contribution in [3.05, 3.63) is 47.5 Å². The lowest BCUT2D eigenvalue weighted by atomic mass is 10.0. The van der Waals surface area contributed by atoms with Crippen LogP contribution in [0.15, 0.2) is 30.6 Å². The Labute approximate surface area is 172 Å². The maximum absolute atomic E-state index is 12.9. The normalized spacial score (nSPS) is 15.3. The Morgan fingerprint density at radius 2 is 1.90 bits per heavy atom. The summed E-state index contributed by atoms with van der Waals surface area (Å²) in [6, 6.07) is 5.81. The monoisotopic (exact) mass is 398 g/mol. The molecule has 1 saturated heterocycles. The Morgan fingerprint density at radius 1 is 1.21 bits per heavy atom. The van der Waals surface area contributed by atoms with Crippen LogP contribution in [0.2, 0.25) is 0 Å². The van der Waals surface area contributed by atoms with Gasteiger partial charge in [0.15, 0.2) is 0 Å². The number of ether oxygens (including phenoxy) is 1. The third-order valence-corrected chi connectivity index (χ3v) is 5.06. The minimum Gasteiger partial charge on any atom is -0.444 e. The summed E-state index contributed by atoms with van der Waals surface area (Å²) in [7, 11) is 0. The molecule has 7 heteroatoms. The van der Waals surface area contributed by atoms with Gasteiger partial charge in [-0.25, -0.2) is 4.79 Å². The number of aryl methyl sites for hydroxylation is 1. The first-order valence-electron chi connectivity index (χ1n) is 10.0. The van der Waals surface area contributed by atoms with E-state index in [2.05, 4.69) is 10.3 Å². The molecule has 2 amide bonds. The molecule has 156 valence electrons. The Morgan fingerprint density at radius 3 is 2.48 bits per heavy atom. The Bertz CT molecular complexity index is 875. The number of nitrogens with one attached hydrogen (secondary N) is 1. The van der Waals surface area contributed by atoms with Crippen molar-refractivity contribution in [3.8, 4) is 5.69 Å². The van der Waals surface area contributed by atoms with Crippen molar-refractivity contribution in [2.45, 2.75) is 59.1 Å². The molecule has 1 fully saturated rings. The fraction of sp³-hybridized carbons (Fsp3) is 0.500. The summed E-state index contributed by atoms with van der Waals surface area (Å²) in [5.74, 6) is -0.0797. The highest BCUT2D eigenvalue weighted by Crippen LogP contribution is 2.21. The number of carbonyl (C=O) groups excluding carboxylic acids is 2. The second kappa shape index (κ2) is 8.27. The van der Waals surface area contributed by atoms with Crippen molar-refractivity contribution < 1.29 is 14.3 Å². The Hall–Kier alpha value is -2.83. The van der Waals surface area contributed by atoms with Crippen LogP contribution in [-0.4, -0.2) is 51.2 Å². The van der Waals surface area contributed by atoms with Gasteiger partial charge < -0.3 is 19.5 Å². The number of hydrogen-bond donors (Lipinski definition) is 1. The van der Waals surface area contributed by atoms with E-state index in [-0.39, 0.29) is 18.0 Å². The topological polar surface area (TPSA) is 76.5 Å². The predicted octanol–water partition coefficient (Wildman–Crippen LogP) is 3.62. The largest absolute Gasteiger partial charge is 0.444 e. The molecular formula is C22H30N4O3. The fourth-order valence-corrected chi connectivity index (χ4v) is 3.67. The van der Waals surface area contributed by atoms with Gasteiger partial charge in [0.05, 0.1) is 17.4 Å². The van der Waals surface area contributed by atoms with Gasteiger partial charge >= 0.3 is 6.09 Å². The van der Waals surface area contributed by atoms with E-state index in [9.17, 15) is 9.59 Å². The highest BCUT2D eigenvalue weighted by molar-refractivity contribution is 5.96. The lowest BCUT2D eigenvalue weighted by molar-refractivity contribution is 0.0199. The molecule has 3 heterocycles. The van der Waals surface area contributed by atoms with Crippen molar-refractivity contribution in [3.63, 3.8) is 0 Å². The van der Waals surface area contributed by atoms with Gasteiger partial charge in [0.2, 0.25) is 0 Å². The van der Waals surface area contributed by atoms with E-state index in [0.717, 1.165) is 17.1 Å². The second-order valence-electron chi connectivity index (χ2n) is 8.55. The van der Waals surface area contributed by atoms with E-state index in [1.807, 2.05) is 57.4 Å². The highest BCUT2D eigenvalue weighted by Gasteiger charge is 2.28. The van der Waals surface area contributed by atoms with Crippen LogP contribution in [0.25, 0.3) is 5.69 Å². The van der Waals surface area contributed by atoms with E-state index in [4.69, 9.17) is 4.74 Å². The summed E-state index contributed by atoms with van der Waals surface area (Å²) in [6.07, 6.45) is 4.66. The maximum atomic E-state index is 12.9. The molecule has 0 saturated carbocycles. The van der Waals surface area contributed by atoms with Gasteiger partial charge in [-0.2, -0.15) is 0 Å². The molecule has 0 aromatic carbocycles. The highest BCUT2D eigenvalue weighted by atomic mass is 16.6. The number of amides is 2. The van der Waals surface area contributed by atoms with Crippen LogP contribution < -0.4 is 5.32 Å². The smallest absolute Gasteiger partial charge is 0.410 e. The Kier molecular flexibility index (Phi) is 5.96. The molecule has 1 aliphatic rings. The van der Waals surface area contributed by atoms with Gasteiger partial charge in [0, 0.05) is 36.7 Å². The van der Waals surface area contributed by atoms with Crippen LogP contribution in [0.1, 0.15) is 55.4 Å². The quantitative estimate of drug-likeness (QED) is 0.857. The average molecular weight is 399 g/mol. The lowest BCUT2D eigenvalue weighted by Crippen LogP contribution is -2.47. The van der Waals surface area contributed by atoms with Crippen LogP contribution in [0.3, 0.4) is 0 Å². The van der Waals surface area contributed by atoms with Crippen LogP contribution >= 0.6 is 0 Å². The summed E-state index contributed by atoms with van der Waals surface area (Å²) >= 11 is 0. The van der Waals surface area contributed by atoms with Gasteiger partial charge in [-0.15, -0.1) is 0 Å². The SMILES string of the molecule is Cc1cc(C(=O)NC2CCN(C(=O)OC(C)(C)C)CC2)c(C)n1-c1cccnc1. The fourth-order valence-electron chi connectivity index (χ4n) is 3.67. The summed E-state index contributed by atoms with van der Waals surface area (Å²) in [5.41, 5.74) is 2.98. The number of hydrogen-bond acceptors (Lipinski definition) is 4. The third kappa shape index (κ3) is 4.96. The number of carbonyl (C=O) groups is 2. The van der Waals surface area contributed by atoms with E-state index in [1.165, 1.54) is 0 Å². The number of pyridine rings is 1. The van der Waals surface area contributed by atoms with Gasteiger partial charge in [-0.05, 0) is 65.7 Å². The van der Waals surface area contributed by atoms with E-state index < -0.39 is 5.60 Å². The summed E-state index contributed by atoms with van der Waals surface area (Å²) < 4.78 is 7.46. The lowest BCUT2D eigenvalue weighted by Gasteiger charge is -2.33. The Balaban J connectivity index is 1.62. The summed E-state index contributed by atoms with van der Waals surface area (Å²) in [4.78, 5) is 31.0. The first-order chi connectivity index (χ1) is 13.7. The molecule has 2 aromatic rings. The number of rotatable bonds is 3. The predicted molar refractivity (Wildman–Crippen MR) is 111 cm³/mol. The first kappa shape index (κ1) is 20.9. The molecule has 7 nitrogen and oxygen atoms in total. The molecule has 29 heavy (non-hydrogen) atoms. The summed E-state index contributed by atoms with van der Waals surface area (Å²) in [5, 5.41) is 3.13. The molecule has 0 bridgehead atoms. The number of piperidine rings is 1. The van der Waals surface area contributed by atoms with Crippen LogP contribution in [-0.2, 0) is 4.74 Å². The molecule has 0 unspecified atom stereocenters. The number of nitrogens with zero attached hydrogens (tertiary/aromatic N) is 3. The molecule has 3 rings (SSSR count). The van der Waals surface area contributed by atoms with E-state index >= 15 is 0 Å². The zero-order valence-corrected chi connectivity index (χ0v) is 17.9. The molecule has 0 spiro atoms. The van der Waals surface area contributed by atoms with E-state index in [1.54, 1.807) is 17.3 Å². The van der Waals surface area contributed by atoms with Crippen molar-refractivity contribution in [2.75, 3.05) is 13.1 Å². The van der Waals surface area contributed by atoms with Crippen molar-refractivity contribution in [1.29, 1.82) is 0 Å². The van der Waals surface area contributed by atoms with Crippen LogP contribution in [0.4, 0.5) is 4.79 Å². The van der Waals surface area contributed by atoms with Crippen LogP contribution in [0.5, 0.6) is 0 Å². The zero-order valence-electron chi connectivity index (χ0n) is 17.9. The second-order valence-corrected chi connectivity index (χ2v) is 8.55. The standard InChI is InChI=1S/C22H30N4O3/c1-15-13-19(16(2)26(15)18-7-6-10-23-14-18)20(27)24-17-8-11-25(12-9-17)21(28)29-22(3,4)5/h6-7,10,13-14,17H,8-9,11-12H2,1-5H3,(H,24,27). The molecular weight excluding hydrogens is 368 g/mol. The van der Waals surface area contributed by atoms with Crippen molar-refractivity contribution in [1.82, 2.24) is 19.8 Å². The third-order valence-electron chi connectivity index (χ3n) is 5.06. The summed E-state index contributed by atoms with van der Waals surface area (Å²) in [6.45, 7) is 10.7. The van der Waals surface area contributed by atoms with Gasteiger partial charge in [0.1, 0.15) is 5.60 Å². The maximum Gasteiger partial charge on any atom is 0.410 e. The van der Waals surface area contributed by atoms with Gasteiger partial charge in [0.25, 0.3) is 5.91 Å². The molecule has 0 radical (unpaired) electrons. The van der Waals surface area contributed by atoms with E-state index in [0.29, 0.717) is 31.5 Å². The number of aromatic nitrogens is 2. The van der Waals surface area contributed by atoms with Crippen LogP contribution in [0, 0.1) is 13.8 Å². The van der Waals surface area contributed by atoms with Gasteiger partial charge in [-0.3, -0.25) is 9.78 Å². The molecule has 1 N–H and O–H groups in total. The van der Waals surface area contributed by atoms with Crippen molar-refractivity contribution >= 4 is 12.0 Å². The molecule has 2 aromatic heterocycles. The first-order valence-corrected chi connectivity index (χ1v) is 10.0. The number of likely N-dealkylation sites (tertiary alicyclic amines) is 1. The minimum absolute atomic E-state index is 0.0441. The molecule has 0 atom stereocenters. The minimum atomic E-state index is -0.501. The van der Waals surface area contributed by atoms with Gasteiger partial charge in [-0.1, -0.05) is 0 Å². The van der Waals surface area contributed by atoms with Crippen molar-refractivity contribution in [2.24, 2.45) is 0 Å². The zero-order chi connectivity index (χ0) is 21.2.